The molecule has 4 rings (SSSR count). The van der Waals surface area contributed by atoms with E-state index in [1.165, 1.54) is 33.0 Å². The minimum Gasteiger partial charge on any atom is -0.260 e. The Morgan fingerprint density at radius 2 is 1.00 bits per heavy atom. The maximum Gasteiger partial charge on any atom is 0.126 e. The van der Waals surface area contributed by atoms with Gasteiger partial charge in [-0.25, -0.2) is 4.39 Å². The van der Waals surface area contributed by atoms with Gasteiger partial charge in [0, 0.05) is 22.7 Å². The van der Waals surface area contributed by atoms with Gasteiger partial charge in [0.25, 0.3) is 0 Å². The van der Waals surface area contributed by atoms with Crippen molar-refractivity contribution in [3.63, 3.8) is 0 Å². The van der Waals surface area contributed by atoms with Gasteiger partial charge >= 0.3 is 0 Å². The first-order valence-electron chi connectivity index (χ1n) is 17.0. The fraction of sp³-hybridized carbons (Fsp3) is 0.523. The molecule has 0 aliphatic carbocycles. The molecule has 0 bridgehead atoms. The van der Waals surface area contributed by atoms with Crippen LogP contribution in [0.15, 0.2) is 72.9 Å². The summed E-state index contributed by atoms with van der Waals surface area (Å²) >= 11 is 0. The number of hydrogen-bond acceptors (Lipinski definition) is 1. The molecule has 1 aromatic heterocycles. The summed E-state index contributed by atoms with van der Waals surface area (Å²) in [6, 6.07) is 23.3. The Kier molecular flexibility index (Phi) is 12.3. The summed E-state index contributed by atoms with van der Waals surface area (Å²) in [6.45, 7) is 37.2. The smallest absolute Gasteiger partial charge is 0.126 e. The Bertz CT molecular complexity index is 1520. The summed E-state index contributed by atoms with van der Waals surface area (Å²) in [7, 11) is 0. The highest BCUT2D eigenvalue weighted by Crippen LogP contribution is 2.31. The fourth-order valence-corrected chi connectivity index (χ4v) is 4.95. The summed E-state index contributed by atoms with van der Waals surface area (Å²) in [5.74, 6) is 0.526. The van der Waals surface area contributed by atoms with Crippen LogP contribution in [0.3, 0.4) is 0 Å². The predicted octanol–water partition coefficient (Wildman–Crippen LogP) is 13.4. The summed E-state index contributed by atoms with van der Waals surface area (Å²) in [5.41, 5.74) is 7.90. The molecule has 0 unspecified atom stereocenters. The van der Waals surface area contributed by atoms with Crippen LogP contribution in [0.4, 0.5) is 4.39 Å². The Hall–Kier alpha value is -3.00. The van der Waals surface area contributed by atoms with E-state index in [-0.39, 0.29) is 32.9 Å². The van der Waals surface area contributed by atoms with Crippen molar-refractivity contribution in [1.82, 2.24) is 4.98 Å². The van der Waals surface area contributed by atoms with Crippen LogP contribution in [-0.4, -0.2) is 4.98 Å². The van der Waals surface area contributed by atoms with E-state index in [2.05, 4.69) is 150 Å². The van der Waals surface area contributed by atoms with Crippen LogP contribution in [0.1, 0.15) is 157 Å². The Labute approximate surface area is 282 Å². The number of hydrogen-bond donors (Lipinski definition) is 0. The molecule has 252 valence electrons. The zero-order chi connectivity index (χ0) is 35.5. The summed E-state index contributed by atoms with van der Waals surface area (Å²) in [4.78, 5) is 4.57. The number of nitrogens with zero attached hydrogens (tertiary/aromatic N) is 1. The molecular weight excluding hydrogens is 561 g/mol. The molecule has 0 saturated carbocycles. The zero-order valence-corrected chi connectivity index (χ0v) is 32.3. The van der Waals surface area contributed by atoms with Gasteiger partial charge in [-0.05, 0) is 72.9 Å². The minimum atomic E-state index is -0.134. The van der Waals surface area contributed by atoms with Crippen LogP contribution in [0.5, 0.6) is 0 Å². The van der Waals surface area contributed by atoms with Gasteiger partial charge in [-0.15, -0.1) is 0 Å². The zero-order valence-electron chi connectivity index (χ0n) is 32.3. The third-order valence-corrected chi connectivity index (χ3v) is 8.42. The number of benzene rings is 3. The lowest BCUT2D eigenvalue weighted by Gasteiger charge is -2.25. The summed E-state index contributed by atoms with van der Waals surface area (Å²) < 4.78 is 13.7. The van der Waals surface area contributed by atoms with Gasteiger partial charge in [0.15, 0.2) is 0 Å². The fourth-order valence-electron chi connectivity index (χ4n) is 4.95. The first-order chi connectivity index (χ1) is 20.7. The van der Waals surface area contributed by atoms with Crippen LogP contribution in [-0.2, 0) is 27.1 Å². The second-order valence-corrected chi connectivity index (χ2v) is 18.4. The van der Waals surface area contributed by atoms with Crippen molar-refractivity contribution in [2.75, 3.05) is 0 Å². The maximum atomic E-state index is 13.7. The molecule has 46 heavy (non-hydrogen) atoms. The van der Waals surface area contributed by atoms with Gasteiger partial charge in [-0.2, -0.15) is 0 Å². The van der Waals surface area contributed by atoms with Crippen LogP contribution in [0.2, 0.25) is 0 Å². The van der Waals surface area contributed by atoms with Gasteiger partial charge in [0.2, 0.25) is 0 Å². The van der Waals surface area contributed by atoms with Crippen molar-refractivity contribution in [1.29, 1.82) is 0 Å². The van der Waals surface area contributed by atoms with Crippen molar-refractivity contribution < 1.29 is 4.39 Å². The van der Waals surface area contributed by atoms with E-state index in [1.807, 2.05) is 39.1 Å². The number of pyridine rings is 1. The van der Waals surface area contributed by atoms with E-state index in [4.69, 9.17) is 0 Å². The maximum absolute atomic E-state index is 13.7. The molecule has 2 heteroatoms. The number of halogens is 1. The number of fused-ring (bicyclic) bond motifs is 1. The van der Waals surface area contributed by atoms with E-state index in [9.17, 15) is 4.39 Å². The first-order valence-corrected chi connectivity index (χ1v) is 17.0. The molecule has 0 radical (unpaired) electrons. The second-order valence-electron chi connectivity index (χ2n) is 18.4. The van der Waals surface area contributed by atoms with E-state index < -0.39 is 0 Å². The Balaban J connectivity index is 0.000000244. The second kappa shape index (κ2) is 14.4. The molecule has 0 amide bonds. The van der Waals surface area contributed by atoms with E-state index >= 15 is 0 Å². The molecule has 0 spiro atoms. The van der Waals surface area contributed by atoms with Crippen molar-refractivity contribution in [3.05, 3.63) is 112 Å². The lowest BCUT2D eigenvalue weighted by molar-refractivity contribution is 0.514. The van der Waals surface area contributed by atoms with E-state index in [1.54, 1.807) is 6.07 Å². The highest BCUT2D eigenvalue weighted by Gasteiger charge is 2.22. The monoisotopic (exact) mass is 626 g/mol. The molecule has 0 fully saturated rings. The van der Waals surface area contributed by atoms with Crippen LogP contribution >= 0.6 is 0 Å². The lowest BCUT2D eigenvalue weighted by Crippen LogP contribution is -2.17. The standard InChI is InChI=1S/C17H23N.C14H21F.C13H20/c1-16(2,3)14-8-7-12-11-18-15(17(4,5)6)10-13(12)9-14;1-13(2,3)10-7-8-12(15)11(9-10)14(4,5)6;1-10(2)11-7-6-8-12(9-11)13(3,4)5/h7-11H,1-6H3;7-9H,1-6H3;6-10H,1-5H3. The van der Waals surface area contributed by atoms with Crippen LogP contribution in [0.25, 0.3) is 10.8 Å². The molecule has 0 N–H and O–H groups in total. The largest absolute Gasteiger partial charge is 0.260 e. The van der Waals surface area contributed by atoms with E-state index in [0.29, 0.717) is 5.92 Å². The van der Waals surface area contributed by atoms with Gasteiger partial charge in [-0.3, -0.25) is 4.98 Å². The normalized spacial score (nSPS) is 12.8. The van der Waals surface area contributed by atoms with Gasteiger partial charge in [-0.1, -0.05) is 172 Å². The van der Waals surface area contributed by atoms with Crippen LogP contribution < -0.4 is 0 Å². The molecular formula is C44H64FN. The molecule has 4 aromatic rings. The van der Waals surface area contributed by atoms with E-state index in [0.717, 1.165) is 11.3 Å². The molecule has 1 heterocycles. The number of rotatable bonds is 1. The Morgan fingerprint density at radius 3 is 1.48 bits per heavy atom. The number of aromatic nitrogens is 1. The average molecular weight is 626 g/mol. The lowest BCUT2D eigenvalue weighted by atomic mass is 9.80. The predicted molar refractivity (Wildman–Crippen MR) is 202 cm³/mol. The quantitative estimate of drug-likeness (QED) is 0.205. The topological polar surface area (TPSA) is 12.9 Å². The van der Waals surface area contributed by atoms with Gasteiger partial charge < -0.3 is 0 Å². The van der Waals surface area contributed by atoms with Crippen molar-refractivity contribution in [3.8, 4) is 0 Å². The van der Waals surface area contributed by atoms with Gasteiger partial charge in [0.1, 0.15) is 5.82 Å². The Morgan fingerprint density at radius 1 is 0.500 bits per heavy atom. The van der Waals surface area contributed by atoms with Crippen molar-refractivity contribution in [2.45, 2.75) is 151 Å². The first kappa shape index (κ1) is 39.2. The molecule has 0 saturated heterocycles. The molecule has 0 aliphatic rings. The third-order valence-electron chi connectivity index (χ3n) is 8.42. The average Bonchev–Trinajstić information content (AvgIpc) is 2.90. The third kappa shape index (κ3) is 11.4. The SMILES string of the molecule is CC(C)(C)c1ccc(F)c(C(C)(C)C)c1.CC(C)(C)c1ccc2cnc(C(C)(C)C)cc2c1.CC(C)c1cccc(C(C)(C)C)c1. The molecule has 0 atom stereocenters. The van der Waals surface area contributed by atoms with Crippen molar-refractivity contribution in [2.24, 2.45) is 0 Å². The molecule has 1 nitrogen and oxygen atoms in total. The highest BCUT2D eigenvalue weighted by atomic mass is 19.1. The van der Waals surface area contributed by atoms with Crippen molar-refractivity contribution >= 4 is 10.8 Å². The highest BCUT2D eigenvalue weighted by molar-refractivity contribution is 5.83. The molecule has 3 aromatic carbocycles. The van der Waals surface area contributed by atoms with Crippen LogP contribution in [0, 0.1) is 5.82 Å². The summed E-state index contributed by atoms with van der Waals surface area (Å²) in [5, 5.41) is 2.51. The minimum absolute atomic E-state index is 0.0771. The van der Waals surface area contributed by atoms with Gasteiger partial charge in [0.05, 0.1) is 0 Å². The summed E-state index contributed by atoms with van der Waals surface area (Å²) in [6.07, 6.45) is 1.99. The molecule has 0 aliphatic heterocycles.